The topological polar surface area (TPSA) is 48.9 Å². The Balaban J connectivity index is 0.00000341. The standard InChI is InChI=1S/C21H27F3N4OS.HI/c1-25-20(26-8-10-28-9-6-19-18(13-28)7-11-30-19)27-12-16-2-4-17(5-3-16)14-29-15-21(22,23)24;/h2-5,7,11H,6,8-10,12-15H2,1H3,(H2,25,26,27);1H. The summed E-state index contributed by atoms with van der Waals surface area (Å²) in [6.07, 6.45) is -3.18. The molecule has 31 heavy (non-hydrogen) atoms. The lowest BCUT2D eigenvalue weighted by Crippen LogP contribution is -2.42. The minimum atomic E-state index is -4.30. The van der Waals surface area contributed by atoms with Crippen molar-refractivity contribution >= 4 is 41.3 Å². The largest absolute Gasteiger partial charge is 0.411 e. The molecule has 0 unspecified atom stereocenters. The molecule has 1 aromatic heterocycles. The van der Waals surface area contributed by atoms with Crippen LogP contribution in [0, 0.1) is 0 Å². The molecule has 0 radical (unpaired) electrons. The molecule has 0 saturated carbocycles. The van der Waals surface area contributed by atoms with E-state index in [0.29, 0.717) is 12.1 Å². The number of nitrogens with one attached hydrogen (secondary N) is 2. The van der Waals surface area contributed by atoms with Crippen molar-refractivity contribution in [3.8, 4) is 0 Å². The maximum Gasteiger partial charge on any atom is 0.411 e. The van der Waals surface area contributed by atoms with Crippen LogP contribution in [0.25, 0.3) is 0 Å². The third-order valence-corrected chi connectivity index (χ3v) is 5.87. The number of rotatable bonds is 8. The molecular weight excluding hydrogens is 540 g/mol. The van der Waals surface area contributed by atoms with Crippen molar-refractivity contribution in [2.45, 2.75) is 32.3 Å². The molecule has 0 spiro atoms. The average molecular weight is 568 g/mol. The minimum Gasteiger partial charge on any atom is -0.367 e. The number of ether oxygens (including phenoxy) is 1. The molecule has 0 bridgehead atoms. The first-order valence-electron chi connectivity index (χ1n) is 9.87. The van der Waals surface area contributed by atoms with Gasteiger partial charge in [-0.05, 0) is 34.6 Å². The van der Waals surface area contributed by atoms with Gasteiger partial charge in [0.25, 0.3) is 0 Å². The van der Waals surface area contributed by atoms with Gasteiger partial charge in [-0.2, -0.15) is 13.2 Å². The van der Waals surface area contributed by atoms with Crippen molar-refractivity contribution in [1.82, 2.24) is 15.5 Å². The van der Waals surface area contributed by atoms with Crippen LogP contribution in [0.4, 0.5) is 13.2 Å². The van der Waals surface area contributed by atoms with E-state index in [1.165, 1.54) is 10.4 Å². The predicted octanol–water partition coefficient (Wildman–Crippen LogP) is 4.17. The van der Waals surface area contributed by atoms with Gasteiger partial charge in [0.1, 0.15) is 6.61 Å². The molecule has 172 valence electrons. The van der Waals surface area contributed by atoms with E-state index in [-0.39, 0.29) is 30.6 Å². The number of thiophene rings is 1. The molecule has 0 amide bonds. The average Bonchev–Trinajstić information content (AvgIpc) is 3.18. The smallest absolute Gasteiger partial charge is 0.367 e. The van der Waals surface area contributed by atoms with Crippen LogP contribution in [0.3, 0.4) is 0 Å². The second-order valence-electron chi connectivity index (χ2n) is 7.17. The Bertz CT molecular complexity index is 827. The van der Waals surface area contributed by atoms with Gasteiger partial charge < -0.3 is 15.4 Å². The normalized spacial score (nSPS) is 14.6. The number of fused-ring (bicyclic) bond motifs is 1. The van der Waals surface area contributed by atoms with Gasteiger partial charge in [-0.1, -0.05) is 24.3 Å². The molecule has 2 N–H and O–H groups in total. The van der Waals surface area contributed by atoms with E-state index in [0.717, 1.165) is 44.1 Å². The number of guanidine groups is 1. The van der Waals surface area contributed by atoms with Gasteiger partial charge in [0.15, 0.2) is 5.96 Å². The number of alkyl halides is 3. The molecule has 10 heteroatoms. The molecule has 1 aliphatic rings. The maximum atomic E-state index is 12.1. The number of hydrogen-bond donors (Lipinski definition) is 2. The lowest BCUT2D eigenvalue weighted by molar-refractivity contribution is -0.176. The fourth-order valence-corrected chi connectivity index (χ4v) is 4.16. The molecular formula is C21H28F3IN4OS. The van der Waals surface area contributed by atoms with Crippen molar-refractivity contribution in [1.29, 1.82) is 0 Å². The molecule has 0 fully saturated rings. The van der Waals surface area contributed by atoms with Crippen molar-refractivity contribution in [3.05, 3.63) is 57.3 Å². The van der Waals surface area contributed by atoms with Gasteiger partial charge in [0.2, 0.25) is 0 Å². The SMILES string of the molecule is CN=C(NCCN1CCc2sccc2C1)NCc1ccc(COCC(F)(F)F)cc1.I. The van der Waals surface area contributed by atoms with Crippen LogP contribution in [0.15, 0.2) is 40.7 Å². The van der Waals surface area contributed by atoms with E-state index in [2.05, 4.69) is 36.7 Å². The fraction of sp³-hybridized carbons (Fsp3) is 0.476. The highest BCUT2D eigenvalue weighted by Gasteiger charge is 2.27. The molecule has 2 aromatic rings. The first-order chi connectivity index (χ1) is 14.4. The molecule has 1 aromatic carbocycles. The van der Waals surface area contributed by atoms with Crippen LogP contribution >= 0.6 is 35.3 Å². The van der Waals surface area contributed by atoms with Gasteiger partial charge in [0, 0.05) is 44.6 Å². The number of nitrogens with zero attached hydrogens (tertiary/aromatic N) is 2. The van der Waals surface area contributed by atoms with E-state index in [1.54, 1.807) is 19.2 Å². The first-order valence-corrected chi connectivity index (χ1v) is 10.8. The zero-order valence-corrected chi connectivity index (χ0v) is 20.5. The third kappa shape index (κ3) is 8.95. The van der Waals surface area contributed by atoms with Crippen molar-refractivity contribution in [2.75, 3.05) is 33.3 Å². The summed E-state index contributed by atoms with van der Waals surface area (Å²) in [5.74, 6) is 0.723. The van der Waals surface area contributed by atoms with Crippen LogP contribution < -0.4 is 10.6 Å². The molecule has 5 nitrogen and oxygen atoms in total. The molecule has 1 aliphatic heterocycles. The molecule has 0 saturated heterocycles. The van der Waals surface area contributed by atoms with Crippen LogP contribution in [0.2, 0.25) is 0 Å². The Morgan fingerprint density at radius 1 is 1.16 bits per heavy atom. The Kier molecular flexibility index (Phi) is 10.5. The van der Waals surface area contributed by atoms with Gasteiger partial charge in [-0.3, -0.25) is 9.89 Å². The number of aliphatic imine (C=N–C) groups is 1. The second-order valence-corrected chi connectivity index (χ2v) is 8.17. The van der Waals surface area contributed by atoms with E-state index in [4.69, 9.17) is 0 Å². The monoisotopic (exact) mass is 568 g/mol. The maximum absolute atomic E-state index is 12.1. The van der Waals surface area contributed by atoms with Crippen LogP contribution in [-0.2, 0) is 30.9 Å². The van der Waals surface area contributed by atoms with Gasteiger partial charge in [0.05, 0.1) is 6.61 Å². The Labute approximate surface area is 202 Å². The minimum absolute atomic E-state index is 0. The van der Waals surface area contributed by atoms with Crippen molar-refractivity contribution in [3.63, 3.8) is 0 Å². The summed E-state index contributed by atoms with van der Waals surface area (Å²) in [4.78, 5) is 8.19. The zero-order valence-electron chi connectivity index (χ0n) is 17.4. The fourth-order valence-electron chi connectivity index (χ4n) is 3.27. The lowest BCUT2D eigenvalue weighted by atomic mass is 10.1. The summed E-state index contributed by atoms with van der Waals surface area (Å²) in [6.45, 7) is 3.12. The lowest BCUT2D eigenvalue weighted by Gasteiger charge is -2.27. The summed E-state index contributed by atoms with van der Waals surface area (Å²) in [5, 5.41) is 8.76. The van der Waals surface area contributed by atoms with Gasteiger partial charge >= 0.3 is 6.18 Å². The molecule has 2 heterocycles. The molecule has 3 rings (SSSR count). The summed E-state index contributed by atoms with van der Waals surface area (Å²) in [6, 6.07) is 9.52. The molecule has 0 aliphatic carbocycles. The third-order valence-electron chi connectivity index (χ3n) is 4.85. The summed E-state index contributed by atoms with van der Waals surface area (Å²) in [5.41, 5.74) is 3.17. The van der Waals surface area contributed by atoms with Crippen LogP contribution in [-0.4, -0.2) is 50.3 Å². The van der Waals surface area contributed by atoms with E-state index < -0.39 is 12.8 Å². The predicted molar refractivity (Wildman–Crippen MR) is 129 cm³/mol. The highest BCUT2D eigenvalue weighted by molar-refractivity contribution is 14.0. The van der Waals surface area contributed by atoms with Crippen molar-refractivity contribution < 1.29 is 17.9 Å². The highest BCUT2D eigenvalue weighted by Crippen LogP contribution is 2.23. The Hall–Kier alpha value is -1.37. The second kappa shape index (κ2) is 12.6. The quantitative estimate of drug-likeness (QED) is 0.285. The number of hydrogen-bond acceptors (Lipinski definition) is 4. The summed E-state index contributed by atoms with van der Waals surface area (Å²) >= 11 is 1.85. The van der Waals surface area contributed by atoms with Gasteiger partial charge in [-0.25, -0.2) is 0 Å². The zero-order chi connectivity index (χ0) is 21.4. The Morgan fingerprint density at radius 2 is 1.90 bits per heavy atom. The van der Waals surface area contributed by atoms with Gasteiger partial charge in [-0.15, -0.1) is 35.3 Å². The number of benzene rings is 1. The van der Waals surface area contributed by atoms with Crippen LogP contribution in [0.1, 0.15) is 21.6 Å². The van der Waals surface area contributed by atoms with E-state index >= 15 is 0 Å². The van der Waals surface area contributed by atoms with E-state index in [1.807, 2.05) is 23.5 Å². The first kappa shape index (κ1) is 25.9. The van der Waals surface area contributed by atoms with Crippen LogP contribution in [0.5, 0.6) is 0 Å². The molecule has 0 atom stereocenters. The van der Waals surface area contributed by atoms with E-state index in [9.17, 15) is 13.2 Å². The number of halogens is 4. The summed E-state index contributed by atoms with van der Waals surface area (Å²) in [7, 11) is 1.73. The highest BCUT2D eigenvalue weighted by atomic mass is 127. The summed E-state index contributed by atoms with van der Waals surface area (Å²) < 4.78 is 41.0. The Morgan fingerprint density at radius 3 is 2.61 bits per heavy atom. The van der Waals surface area contributed by atoms with Crippen molar-refractivity contribution in [2.24, 2.45) is 4.99 Å².